The molecule has 3 heterocycles. The number of hydrogen-bond acceptors (Lipinski definition) is 5. The molecule has 0 aromatic carbocycles. The van der Waals surface area contributed by atoms with Crippen LogP contribution >= 0.6 is 0 Å². The van der Waals surface area contributed by atoms with E-state index in [0.29, 0.717) is 6.54 Å². The van der Waals surface area contributed by atoms with E-state index < -0.39 is 6.10 Å². The first-order valence-corrected chi connectivity index (χ1v) is 8.74. The molecular formula is C18H28N4O2. The minimum absolute atomic E-state index is 0.537. The fourth-order valence-corrected chi connectivity index (χ4v) is 3.21. The van der Waals surface area contributed by atoms with E-state index in [0.717, 1.165) is 56.2 Å². The van der Waals surface area contributed by atoms with Crippen molar-refractivity contribution in [3.63, 3.8) is 0 Å². The quantitative estimate of drug-likeness (QED) is 0.877. The van der Waals surface area contributed by atoms with Crippen LogP contribution in [0.15, 0.2) is 22.6 Å². The first kappa shape index (κ1) is 17.2. The SMILES string of the molecule is CCc1ccc(CN2CCCn3nc([C@@H](O)CN(C)C)cc3C2)o1. The topological polar surface area (TPSA) is 57.7 Å². The number of fused-ring (bicyclic) bond motifs is 1. The smallest absolute Gasteiger partial charge is 0.118 e. The molecule has 0 unspecified atom stereocenters. The molecule has 0 saturated carbocycles. The highest BCUT2D eigenvalue weighted by Crippen LogP contribution is 2.20. The van der Waals surface area contributed by atoms with Crippen LogP contribution in [0.2, 0.25) is 0 Å². The Morgan fingerprint density at radius 3 is 2.79 bits per heavy atom. The summed E-state index contributed by atoms with van der Waals surface area (Å²) in [5.41, 5.74) is 1.94. The number of rotatable bonds is 6. The van der Waals surface area contributed by atoms with Gasteiger partial charge in [0, 0.05) is 32.6 Å². The van der Waals surface area contributed by atoms with Gasteiger partial charge < -0.3 is 14.4 Å². The lowest BCUT2D eigenvalue weighted by molar-refractivity contribution is 0.133. The van der Waals surface area contributed by atoms with E-state index in [9.17, 15) is 5.11 Å². The number of aliphatic hydroxyl groups is 1. The molecule has 0 saturated heterocycles. The van der Waals surface area contributed by atoms with Crippen LogP contribution in [0.1, 0.15) is 42.4 Å². The maximum Gasteiger partial charge on any atom is 0.118 e. The zero-order valence-electron chi connectivity index (χ0n) is 14.9. The zero-order chi connectivity index (χ0) is 17.1. The minimum atomic E-state index is -0.537. The number of nitrogens with zero attached hydrogens (tertiary/aromatic N) is 4. The van der Waals surface area contributed by atoms with E-state index in [1.54, 1.807) is 0 Å². The Bertz CT molecular complexity index is 662. The molecule has 0 aliphatic carbocycles. The van der Waals surface area contributed by atoms with Crippen molar-refractivity contribution >= 4 is 0 Å². The molecule has 1 aliphatic heterocycles. The summed E-state index contributed by atoms with van der Waals surface area (Å²) in [7, 11) is 3.92. The summed E-state index contributed by atoms with van der Waals surface area (Å²) in [6, 6.07) is 6.19. The van der Waals surface area contributed by atoms with Crippen LogP contribution < -0.4 is 0 Å². The highest BCUT2D eigenvalue weighted by atomic mass is 16.3. The summed E-state index contributed by atoms with van der Waals surface area (Å²) in [5, 5.41) is 14.9. The molecule has 6 nitrogen and oxygen atoms in total. The molecule has 0 bridgehead atoms. The molecule has 0 amide bonds. The van der Waals surface area contributed by atoms with Gasteiger partial charge in [0.1, 0.15) is 17.6 Å². The molecular weight excluding hydrogens is 304 g/mol. The highest BCUT2D eigenvalue weighted by Gasteiger charge is 2.20. The second-order valence-electron chi connectivity index (χ2n) is 6.85. The average Bonchev–Trinajstić information content (AvgIpc) is 3.10. The normalized spacial score (nSPS) is 17.0. The molecule has 0 spiro atoms. The third-order valence-electron chi connectivity index (χ3n) is 4.44. The Labute approximate surface area is 143 Å². The molecule has 1 atom stereocenters. The maximum absolute atomic E-state index is 10.3. The van der Waals surface area contributed by atoms with Gasteiger partial charge >= 0.3 is 0 Å². The van der Waals surface area contributed by atoms with Gasteiger partial charge in [0.15, 0.2) is 0 Å². The van der Waals surface area contributed by atoms with E-state index in [1.807, 2.05) is 29.7 Å². The molecule has 0 fully saturated rings. The Morgan fingerprint density at radius 1 is 1.29 bits per heavy atom. The van der Waals surface area contributed by atoms with Crippen LogP contribution in [0.5, 0.6) is 0 Å². The standard InChI is InChI=1S/C18H28N4O2/c1-4-15-6-7-16(24-15)12-21-8-5-9-22-14(11-21)10-17(19-22)18(23)13-20(2)3/h6-7,10,18,23H,4-5,8-9,11-13H2,1-3H3/t18-/m0/s1. The molecule has 132 valence electrons. The van der Waals surface area contributed by atoms with Crippen molar-refractivity contribution in [2.24, 2.45) is 0 Å². The molecule has 6 heteroatoms. The molecule has 24 heavy (non-hydrogen) atoms. The van der Waals surface area contributed by atoms with Gasteiger partial charge in [0.05, 0.1) is 17.9 Å². The predicted octanol–water partition coefficient (Wildman–Crippen LogP) is 2.04. The highest BCUT2D eigenvalue weighted by molar-refractivity contribution is 5.14. The predicted molar refractivity (Wildman–Crippen MR) is 92.6 cm³/mol. The Morgan fingerprint density at radius 2 is 2.08 bits per heavy atom. The minimum Gasteiger partial charge on any atom is -0.465 e. The van der Waals surface area contributed by atoms with Crippen molar-refractivity contribution in [2.75, 3.05) is 27.2 Å². The first-order valence-electron chi connectivity index (χ1n) is 8.74. The van der Waals surface area contributed by atoms with Crippen LogP contribution in [-0.4, -0.2) is 51.9 Å². The maximum atomic E-state index is 10.3. The summed E-state index contributed by atoms with van der Waals surface area (Å²) in [5.74, 6) is 2.06. The number of hydrogen-bond donors (Lipinski definition) is 1. The van der Waals surface area contributed by atoms with Crippen molar-refractivity contribution in [1.29, 1.82) is 0 Å². The summed E-state index contributed by atoms with van der Waals surface area (Å²) in [6.45, 7) is 6.28. The Kier molecular flexibility index (Phi) is 5.38. The lowest BCUT2D eigenvalue weighted by Crippen LogP contribution is -2.22. The van der Waals surface area contributed by atoms with Gasteiger partial charge in [-0.3, -0.25) is 9.58 Å². The molecule has 0 radical (unpaired) electrons. The molecule has 1 N–H and O–H groups in total. The van der Waals surface area contributed by atoms with Gasteiger partial charge in [-0.25, -0.2) is 0 Å². The molecule has 2 aromatic heterocycles. The van der Waals surface area contributed by atoms with Crippen molar-refractivity contribution < 1.29 is 9.52 Å². The fraction of sp³-hybridized carbons (Fsp3) is 0.611. The fourth-order valence-electron chi connectivity index (χ4n) is 3.21. The number of likely N-dealkylation sites (N-methyl/N-ethyl adjacent to an activating group) is 1. The van der Waals surface area contributed by atoms with Crippen molar-refractivity contribution in [2.45, 2.75) is 45.5 Å². The van der Waals surface area contributed by atoms with Crippen molar-refractivity contribution in [3.05, 3.63) is 41.1 Å². The monoisotopic (exact) mass is 332 g/mol. The van der Waals surface area contributed by atoms with E-state index >= 15 is 0 Å². The Hall–Kier alpha value is -1.63. The lowest BCUT2D eigenvalue weighted by Gasteiger charge is -2.18. The third-order valence-corrected chi connectivity index (χ3v) is 4.44. The Balaban J connectivity index is 1.69. The second-order valence-corrected chi connectivity index (χ2v) is 6.85. The van der Waals surface area contributed by atoms with Crippen molar-refractivity contribution in [3.8, 4) is 0 Å². The summed E-state index contributed by atoms with van der Waals surface area (Å²) < 4.78 is 7.89. The van der Waals surface area contributed by atoms with Crippen molar-refractivity contribution in [1.82, 2.24) is 19.6 Å². The van der Waals surface area contributed by atoms with Gasteiger partial charge in [0.2, 0.25) is 0 Å². The second kappa shape index (κ2) is 7.51. The third kappa shape index (κ3) is 4.06. The van der Waals surface area contributed by atoms with Crippen LogP contribution in [-0.2, 0) is 26.1 Å². The summed E-state index contributed by atoms with van der Waals surface area (Å²) in [4.78, 5) is 4.37. The van der Waals surface area contributed by atoms with Crippen LogP contribution in [0.25, 0.3) is 0 Å². The van der Waals surface area contributed by atoms with Gasteiger partial charge in [-0.05, 0) is 38.7 Å². The largest absolute Gasteiger partial charge is 0.465 e. The lowest BCUT2D eigenvalue weighted by atomic mass is 10.2. The van der Waals surface area contributed by atoms with Crippen LogP contribution in [0, 0.1) is 0 Å². The van der Waals surface area contributed by atoms with Crippen LogP contribution in [0.4, 0.5) is 0 Å². The first-order chi connectivity index (χ1) is 11.5. The van der Waals surface area contributed by atoms with Crippen LogP contribution in [0.3, 0.4) is 0 Å². The molecule has 2 aromatic rings. The summed E-state index contributed by atoms with van der Waals surface area (Å²) >= 11 is 0. The number of aliphatic hydroxyl groups excluding tert-OH is 1. The van der Waals surface area contributed by atoms with E-state index in [1.165, 1.54) is 5.69 Å². The van der Waals surface area contributed by atoms with Gasteiger partial charge in [-0.1, -0.05) is 6.92 Å². The average molecular weight is 332 g/mol. The number of furan rings is 1. The van der Waals surface area contributed by atoms with E-state index in [4.69, 9.17) is 4.42 Å². The van der Waals surface area contributed by atoms with Gasteiger partial charge in [-0.15, -0.1) is 0 Å². The molecule has 3 rings (SSSR count). The van der Waals surface area contributed by atoms with Gasteiger partial charge in [0.25, 0.3) is 0 Å². The molecule has 1 aliphatic rings. The van der Waals surface area contributed by atoms with E-state index in [-0.39, 0.29) is 0 Å². The van der Waals surface area contributed by atoms with Gasteiger partial charge in [-0.2, -0.15) is 5.10 Å². The summed E-state index contributed by atoms with van der Waals surface area (Å²) in [6.07, 6.45) is 1.45. The van der Waals surface area contributed by atoms with E-state index in [2.05, 4.69) is 29.1 Å². The number of aromatic nitrogens is 2. The number of aryl methyl sites for hydroxylation is 2. The zero-order valence-corrected chi connectivity index (χ0v) is 14.9.